The van der Waals surface area contributed by atoms with Crippen molar-refractivity contribution in [2.75, 3.05) is 20.6 Å². The van der Waals surface area contributed by atoms with Gasteiger partial charge in [-0.15, -0.1) is 0 Å². The molecular weight excluding hydrogens is 278 g/mol. The van der Waals surface area contributed by atoms with Gasteiger partial charge >= 0.3 is 5.97 Å². The first-order chi connectivity index (χ1) is 8.72. The Morgan fingerprint density at radius 3 is 2.55 bits per heavy atom. The molecule has 0 saturated heterocycles. The van der Waals surface area contributed by atoms with Crippen molar-refractivity contribution in [3.05, 3.63) is 36.4 Å². The molecule has 0 aliphatic carbocycles. The number of likely N-dealkylation sites (N-methyl/N-ethyl adjacent to an activating group) is 1. The van der Waals surface area contributed by atoms with Gasteiger partial charge in [-0.1, -0.05) is 12.6 Å². The number of esters is 1. The quantitative estimate of drug-likeness (QED) is 0.332. The van der Waals surface area contributed by atoms with Gasteiger partial charge in [0.05, 0.1) is 14.1 Å². The van der Waals surface area contributed by atoms with Gasteiger partial charge in [0.15, 0.2) is 0 Å². The Bertz CT molecular complexity index is 484. The third kappa shape index (κ3) is 5.33. The van der Waals surface area contributed by atoms with E-state index in [1.807, 2.05) is 32.3 Å². The lowest BCUT2D eigenvalue weighted by molar-refractivity contribution is -0.130. The Kier molecular flexibility index (Phi) is 6.92. The summed E-state index contributed by atoms with van der Waals surface area (Å²) in [5, 5.41) is 9.52. The highest BCUT2D eigenvalue weighted by atomic mass is 35.5. The van der Waals surface area contributed by atoms with Crippen LogP contribution in [0.5, 0.6) is 5.75 Å². The molecule has 0 aliphatic rings. The van der Waals surface area contributed by atoms with Crippen molar-refractivity contribution < 1.29 is 27.0 Å². The fraction of sp³-hybridized carbons (Fsp3) is 0.400. The van der Waals surface area contributed by atoms with E-state index in [2.05, 4.69) is 6.58 Å². The van der Waals surface area contributed by atoms with Crippen LogP contribution >= 0.6 is 0 Å². The van der Waals surface area contributed by atoms with Crippen LogP contribution in [-0.4, -0.2) is 37.8 Å². The summed E-state index contributed by atoms with van der Waals surface area (Å²) < 4.78 is 5.72. The molecule has 0 amide bonds. The van der Waals surface area contributed by atoms with Crippen molar-refractivity contribution in [3.63, 3.8) is 0 Å². The zero-order valence-electron chi connectivity index (χ0n) is 12.4. The van der Waals surface area contributed by atoms with Crippen LogP contribution in [0.3, 0.4) is 0 Å². The second kappa shape index (κ2) is 7.43. The first kappa shape index (κ1) is 18.6. The molecule has 1 N–H and O–H groups in total. The number of benzene rings is 1. The number of hydrogen-bond donors (Lipinski definition) is 1. The summed E-state index contributed by atoms with van der Waals surface area (Å²) in [6, 6.07) is 7.31. The van der Waals surface area contributed by atoms with Crippen LogP contribution in [0, 0.1) is 0 Å². The summed E-state index contributed by atoms with van der Waals surface area (Å²) in [7, 11) is 3.98. The summed E-state index contributed by atoms with van der Waals surface area (Å²) in [6.07, 6.45) is -0.406. The first-order valence-corrected chi connectivity index (χ1v) is 6.22. The Morgan fingerprint density at radius 2 is 2.05 bits per heavy atom. The van der Waals surface area contributed by atoms with Crippen molar-refractivity contribution >= 4 is 11.7 Å². The molecule has 1 unspecified atom stereocenters. The molecule has 1 atom stereocenters. The van der Waals surface area contributed by atoms with Crippen LogP contribution < -0.4 is 21.6 Å². The molecule has 0 aliphatic heterocycles. The van der Waals surface area contributed by atoms with Gasteiger partial charge in [-0.25, -0.2) is 4.79 Å². The first-order valence-electron chi connectivity index (χ1n) is 6.22. The van der Waals surface area contributed by atoms with E-state index in [0.717, 1.165) is 5.69 Å². The van der Waals surface area contributed by atoms with Crippen LogP contribution in [0.25, 0.3) is 0 Å². The summed E-state index contributed by atoms with van der Waals surface area (Å²) in [5.41, 5.74) is 1.33. The highest BCUT2D eigenvalue weighted by Crippen LogP contribution is 2.25. The lowest BCUT2D eigenvalue weighted by Gasteiger charge is -2.30. The van der Waals surface area contributed by atoms with Crippen molar-refractivity contribution in [2.24, 2.45) is 0 Å². The van der Waals surface area contributed by atoms with Crippen LogP contribution in [0.15, 0.2) is 36.4 Å². The monoisotopic (exact) mass is 299 g/mol. The van der Waals surface area contributed by atoms with Gasteiger partial charge in [0.1, 0.15) is 24.1 Å². The average molecular weight is 300 g/mol. The Balaban J connectivity index is 0.00000361. The number of quaternary nitrogens is 1. The number of nitrogens with zero attached hydrogens (tertiary/aromatic N) is 1. The van der Waals surface area contributed by atoms with Crippen LogP contribution in [-0.2, 0) is 4.79 Å². The zero-order valence-corrected chi connectivity index (χ0v) is 13.1. The highest BCUT2D eigenvalue weighted by Gasteiger charge is 2.22. The maximum absolute atomic E-state index is 11.5. The van der Waals surface area contributed by atoms with Crippen LogP contribution in [0.1, 0.15) is 13.8 Å². The molecule has 0 aromatic heterocycles. The number of ether oxygens (including phenoxy) is 1. The third-order valence-corrected chi connectivity index (χ3v) is 2.80. The van der Waals surface area contributed by atoms with Gasteiger partial charge in [-0.3, -0.25) is 4.48 Å². The molecule has 0 fully saturated rings. The molecule has 112 valence electrons. The predicted molar refractivity (Wildman–Crippen MR) is 77.1 cm³/mol. The number of halogens is 1. The molecule has 5 heteroatoms. The zero-order chi connectivity index (χ0) is 14.6. The van der Waals surface area contributed by atoms with E-state index in [9.17, 15) is 9.90 Å². The molecule has 4 nitrogen and oxygen atoms in total. The van der Waals surface area contributed by atoms with Gasteiger partial charge in [0.2, 0.25) is 0 Å². The van der Waals surface area contributed by atoms with E-state index in [1.165, 1.54) is 0 Å². The predicted octanol–water partition coefficient (Wildman–Crippen LogP) is -0.880. The minimum Gasteiger partial charge on any atom is -1.00 e. The molecule has 0 heterocycles. The summed E-state index contributed by atoms with van der Waals surface area (Å²) in [6.45, 7) is 7.50. The van der Waals surface area contributed by atoms with E-state index >= 15 is 0 Å². The Morgan fingerprint density at radius 1 is 1.45 bits per heavy atom. The summed E-state index contributed by atoms with van der Waals surface area (Å²) >= 11 is 0. The van der Waals surface area contributed by atoms with Crippen molar-refractivity contribution in [1.82, 2.24) is 4.48 Å². The number of carbonyl (C=O) groups excluding carboxylic acids is 1. The molecule has 0 saturated carbocycles. The third-order valence-electron chi connectivity index (χ3n) is 2.80. The largest absolute Gasteiger partial charge is 1.00 e. The van der Waals surface area contributed by atoms with E-state index < -0.39 is 12.1 Å². The van der Waals surface area contributed by atoms with E-state index in [0.29, 0.717) is 22.4 Å². The molecule has 0 spiro atoms. The number of aliphatic hydroxyl groups is 1. The maximum Gasteiger partial charge on any atom is 0.338 e. The number of hydrogen-bond acceptors (Lipinski definition) is 3. The van der Waals surface area contributed by atoms with Crippen LogP contribution in [0.4, 0.5) is 5.69 Å². The average Bonchev–Trinajstić information content (AvgIpc) is 2.27. The van der Waals surface area contributed by atoms with Crippen molar-refractivity contribution in [2.45, 2.75) is 20.0 Å². The van der Waals surface area contributed by atoms with Gasteiger partial charge < -0.3 is 22.3 Å². The Hall–Kier alpha value is -1.36. The molecule has 0 radical (unpaired) electrons. The minimum atomic E-state index is -0.432. The van der Waals surface area contributed by atoms with Gasteiger partial charge in [-0.2, -0.15) is 0 Å². The number of carbonyl (C=O) groups is 1. The lowest BCUT2D eigenvalue weighted by atomic mass is 10.2. The normalized spacial score (nSPS) is 12.2. The molecular formula is C15H22ClNO3. The molecule has 1 aromatic rings. The minimum absolute atomic E-state index is 0. The van der Waals surface area contributed by atoms with Gasteiger partial charge in [-0.05, 0) is 26.0 Å². The fourth-order valence-electron chi connectivity index (χ4n) is 1.88. The Labute approximate surface area is 126 Å². The lowest BCUT2D eigenvalue weighted by Crippen LogP contribution is -3.00. The fourth-order valence-corrected chi connectivity index (χ4v) is 1.88. The standard InChI is InChI=1S/C15H22NO3.ClH/c1-11(2)15(18)19-14-8-6-7-13(9-14)16(4,5)10-12(3)17;/h6-9,12,17H,1,10H2,2-5H3;1H/q+1;/p-1. The van der Waals surface area contributed by atoms with Crippen LogP contribution in [0.2, 0.25) is 0 Å². The molecule has 20 heavy (non-hydrogen) atoms. The SMILES string of the molecule is C=C(C)C(=O)Oc1cccc([N+](C)(C)CC(C)O)c1.[Cl-]. The highest BCUT2D eigenvalue weighted by molar-refractivity contribution is 5.88. The molecule has 0 bridgehead atoms. The second-order valence-corrected chi connectivity index (χ2v) is 5.38. The molecule has 1 rings (SSSR count). The van der Waals surface area contributed by atoms with Crippen molar-refractivity contribution in [1.29, 1.82) is 0 Å². The molecule has 1 aromatic carbocycles. The second-order valence-electron chi connectivity index (χ2n) is 5.38. The smallest absolute Gasteiger partial charge is 0.338 e. The number of aliphatic hydroxyl groups excluding tert-OH is 1. The van der Waals surface area contributed by atoms with E-state index in [1.54, 1.807) is 19.9 Å². The van der Waals surface area contributed by atoms with E-state index in [-0.39, 0.29) is 12.4 Å². The summed E-state index contributed by atoms with van der Waals surface area (Å²) in [5.74, 6) is 0.0558. The maximum atomic E-state index is 11.5. The number of rotatable bonds is 5. The van der Waals surface area contributed by atoms with Gasteiger partial charge in [0, 0.05) is 11.6 Å². The topological polar surface area (TPSA) is 46.5 Å². The van der Waals surface area contributed by atoms with E-state index in [4.69, 9.17) is 4.74 Å². The van der Waals surface area contributed by atoms with Crippen molar-refractivity contribution in [3.8, 4) is 5.75 Å². The summed E-state index contributed by atoms with van der Waals surface area (Å²) in [4.78, 5) is 11.5. The van der Waals surface area contributed by atoms with Gasteiger partial charge in [0.25, 0.3) is 0 Å².